The summed E-state index contributed by atoms with van der Waals surface area (Å²) in [6.45, 7) is 1.10. The van der Waals surface area contributed by atoms with Gasteiger partial charge in [0.05, 0.1) is 11.4 Å². The van der Waals surface area contributed by atoms with Gasteiger partial charge in [-0.05, 0) is 42.7 Å². The Hall–Kier alpha value is -3.64. The summed E-state index contributed by atoms with van der Waals surface area (Å²) in [6, 6.07) is 27.7. The third-order valence-corrected chi connectivity index (χ3v) is 6.73. The lowest BCUT2D eigenvalue weighted by Gasteiger charge is -2.46. The topological polar surface area (TPSA) is 64.1 Å². The van der Waals surface area contributed by atoms with E-state index in [-0.39, 0.29) is 18.1 Å². The standard InChI is InChI=1S/C27H27N3O3/c31-26(32)25-24-17-16-23(28(24)18-20-10-4-1-5-11-20)19-29(25)27(33)30(21-12-6-2-7-13-21)22-14-8-3-9-15-22/h1-15,23-25H,16-19H2,(H,31,32)/t23-,24+,25-/m0/s1. The van der Waals surface area contributed by atoms with Crippen LogP contribution in [-0.2, 0) is 11.3 Å². The Labute approximate surface area is 193 Å². The Balaban J connectivity index is 1.48. The Morgan fingerprint density at radius 3 is 1.91 bits per heavy atom. The zero-order chi connectivity index (χ0) is 22.8. The summed E-state index contributed by atoms with van der Waals surface area (Å²) in [6.07, 6.45) is 1.66. The molecule has 3 atom stereocenters. The molecule has 0 aliphatic carbocycles. The Morgan fingerprint density at radius 1 is 0.818 bits per heavy atom. The number of para-hydroxylation sites is 2. The van der Waals surface area contributed by atoms with Gasteiger partial charge in [-0.15, -0.1) is 0 Å². The molecule has 2 aliphatic heterocycles. The molecule has 3 aromatic rings. The van der Waals surface area contributed by atoms with Crippen molar-refractivity contribution in [2.24, 2.45) is 0 Å². The molecule has 6 nitrogen and oxygen atoms in total. The van der Waals surface area contributed by atoms with Gasteiger partial charge in [0.25, 0.3) is 0 Å². The fourth-order valence-corrected chi connectivity index (χ4v) is 5.24. The number of hydrogen-bond donors (Lipinski definition) is 1. The van der Waals surface area contributed by atoms with Crippen molar-refractivity contribution in [1.29, 1.82) is 0 Å². The van der Waals surface area contributed by atoms with Crippen molar-refractivity contribution in [2.45, 2.75) is 37.5 Å². The molecule has 168 valence electrons. The van der Waals surface area contributed by atoms with Crippen LogP contribution in [0.5, 0.6) is 0 Å². The maximum atomic E-state index is 14.0. The number of benzene rings is 3. The van der Waals surface area contributed by atoms with Crippen LogP contribution in [0.1, 0.15) is 18.4 Å². The van der Waals surface area contributed by atoms with Crippen LogP contribution in [0.2, 0.25) is 0 Å². The number of rotatable bonds is 5. The number of carbonyl (C=O) groups excluding carboxylic acids is 1. The van der Waals surface area contributed by atoms with E-state index in [1.807, 2.05) is 78.9 Å². The van der Waals surface area contributed by atoms with E-state index in [4.69, 9.17) is 0 Å². The predicted molar refractivity (Wildman–Crippen MR) is 127 cm³/mol. The number of piperazine rings is 1. The van der Waals surface area contributed by atoms with Crippen LogP contribution in [-0.4, -0.2) is 51.6 Å². The minimum Gasteiger partial charge on any atom is -0.480 e. The molecular weight excluding hydrogens is 414 g/mol. The minimum absolute atomic E-state index is 0.142. The molecule has 2 amide bonds. The third-order valence-electron chi connectivity index (χ3n) is 6.73. The van der Waals surface area contributed by atoms with Crippen LogP contribution < -0.4 is 4.90 Å². The van der Waals surface area contributed by atoms with Crippen molar-refractivity contribution >= 4 is 23.4 Å². The lowest BCUT2D eigenvalue weighted by molar-refractivity contribution is -0.147. The van der Waals surface area contributed by atoms with Crippen molar-refractivity contribution in [3.63, 3.8) is 0 Å². The summed E-state index contributed by atoms with van der Waals surface area (Å²) in [7, 11) is 0. The second-order valence-corrected chi connectivity index (χ2v) is 8.68. The number of amides is 2. The monoisotopic (exact) mass is 441 g/mol. The highest BCUT2D eigenvalue weighted by atomic mass is 16.4. The summed E-state index contributed by atoms with van der Waals surface area (Å²) < 4.78 is 0. The minimum atomic E-state index is -0.951. The zero-order valence-electron chi connectivity index (χ0n) is 18.3. The van der Waals surface area contributed by atoms with E-state index in [9.17, 15) is 14.7 Å². The number of fused-ring (bicyclic) bond motifs is 2. The van der Waals surface area contributed by atoms with Gasteiger partial charge in [-0.1, -0.05) is 66.7 Å². The van der Waals surface area contributed by atoms with Crippen molar-refractivity contribution in [1.82, 2.24) is 9.80 Å². The number of carboxylic acids is 1. The van der Waals surface area contributed by atoms with Crippen molar-refractivity contribution in [3.8, 4) is 0 Å². The zero-order valence-corrected chi connectivity index (χ0v) is 18.3. The first-order chi connectivity index (χ1) is 16.1. The number of urea groups is 1. The fourth-order valence-electron chi connectivity index (χ4n) is 5.24. The quantitative estimate of drug-likeness (QED) is 0.621. The van der Waals surface area contributed by atoms with Crippen molar-refractivity contribution < 1.29 is 14.7 Å². The van der Waals surface area contributed by atoms with E-state index in [0.717, 1.165) is 29.8 Å². The molecule has 33 heavy (non-hydrogen) atoms. The van der Waals surface area contributed by atoms with Crippen LogP contribution in [0, 0.1) is 0 Å². The third kappa shape index (κ3) is 4.10. The van der Waals surface area contributed by atoms with Gasteiger partial charge in [-0.3, -0.25) is 9.80 Å². The molecule has 0 spiro atoms. The SMILES string of the molecule is O=C(O)[C@@H]1[C@H]2CC[C@@H](CN1C(=O)N(c1ccccc1)c1ccccc1)N2Cc1ccccc1. The average molecular weight is 442 g/mol. The van der Waals surface area contributed by atoms with Gasteiger partial charge in [0.2, 0.25) is 0 Å². The van der Waals surface area contributed by atoms with E-state index in [1.165, 1.54) is 0 Å². The van der Waals surface area contributed by atoms with Gasteiger partial charge >= 0.3 is 12.0 Å². The molecule has 2 saturated heterocycles. The number of carbonyl (C=O) groups is 2. The number of nitrogens with zero attached hydrogens (tertiary/aromatic N) is 3. The second kappa shape index (κ2) is 9.08. The lowest BCUT2D eigenvalue weighted by Crippen LogP contribution is -2.65. The number of aliphatic carboxylic acids is 1. The van der Waals surface area contributed by atoms with E-state index < -0.39 is 12.0 Å². The number of likely N-dealkylation sites (tertiary alicyclic amines) is 1. The maximum absolute atomic E-state index is 14.0. The molecular formula is C27H27N3O3. The normalized spacial score (nSPS) is 22.2. The lowest BCUT2D eigenvalue weighted by atomic mass is 10.0. The van der Waals surface area contributed by atoms with Crippen LogP contribution in [0.15, 0.2) is 91.0 Å². The largest absolute Gasteiger partial charge is 0.480 e. The van der Waals surface area contributed by atoms with Crippen molar-refractivity contribution in [2.75, 3.05) is 11.4 Å². The smallest absolute Gasteiger partial charge is 0.329 e. The van der Waals surface area contributed by atoms with Crippen molar-refractivity contribution in [3.05, 3.63) is 96.6 Å². The molecule has 2 heterocycles. The van der Waals surface area contributed by atoms with Crippen LogP contribution in [0.3, 0.4) is 0 Å². The molecule has 2 bridgehead atoms. The second-order valence-electron chi connectivity index (χ2n) is 8.68. The highest BCUT2D eigenvalue weighted by molar-refractivity contribution is 6.01. The summed E-state index contributed by atoms with van der Waals surface area (Å²) in [5.41, 5.74) is 2.60. The van der Waals surface area contributed by atoms with Crippen LogP contribution >= 0.6 is 0 Å². The summed E-state index contributed by atoms with van der Waals surface area (Å²) >= 11 is 0. The molecule has 2 fully saturated rings. The summed E-state index contributed by atoms with van der Waals surface area (Å²) in [5, 5.41) is 10.2. The highest BCUT2D eigenvalue weighted by Gasteiger charge is 2.51. The molecule has 1 N–H and O–H groups in total. The number of hydrogen-bond acceptors (Lipinski definition) is 3. The van der Waals surface area contributed by atoms with E-state index in [0.29, 0.717) is 13.1 Å². The Morgan fingerprint density at radius 2 is 1.36 bits per heavy atom. The van der Waals surface area contributed by atoms with E-state index in [2.05, 4.69) is 17.0 Å². The van der Waals surface area contributed by atoms with Gasteiger partial charge < -0.3 is 10.0 Å². The first kappa shape index (κ1) is 21.2. The first-order valence-electron chi connectivity index (χ1n) is 11.4. The molecule has 5 rings (SSSR count). The van der Waals surface area contributed by atoms with Gasteiger partial charge in [0.15, 0.2) is 0 Å². The number of anilines is 2. The molecule has 2 aliphatic rings. The fraction of sp³-hybridized carbons (Fsp3) is 0.259. The molecule has 3 aromatic carbocycles. The molecule has 6 heteroatoms. The van der Waals surface area contributed by atoms with Crippen LogP contribution in [0.4, 0.5) is 16.2 Å². The predicted octanol–water partition coefficient (Wildman–Crippen LogP) is 4.75. The Bertz CT molecular complexity index is 1070. The van der Waals surface area contributed by atoms with E-state index in [1.54, 1.807) is 9.80 Å². The highest BCUT2D eigenvalue weighted by Crippen LogP contribution is 2.37. The van der Waals surface area contributed by atoms with Gasteiger partial charge in [-0.25, -0.2) is 9.59 Å². The van der Waals surface area contributed by atoms with Crippen LogP contribution in [0.25, 0.3) is 0 Å². The van der Waals surface area contributed by atoms with Gasteiger partial charge in [0, 0.05) is 25.2 Å². The molecule has 0 unspecified atom stereocenters. The molecule has 0 aromatic heterocycles. The number of carboxylic acid groups (broad SMARTS) is 1. The maximum Gasteiger partial charge on any atom is 0.329 e. The van der Waals surface area contributed by atoms with Gasteiger partial charge in [-0.2, -0.15) is 0 Å². The summed E-state index contributed by atoms with van der Waals surface area (Å²) in [4.78, 5) is 32.0. The van der Waals surface area contributed by atoms with Gasteiger partial charge in [0.1, 0.15) is 6.04 Å². The average Bonchev–Trinajstić information content (AvgIpc) is 3.10. The summed E-state index contributed by atoms with van der Waals surface area (Å²) in [5.74, 6) is -0.951. The first-order valence-corrected chi connectivity index (χ1v) is 11.4. The van der Waals surface area contributed by atoms with E-state index >= 15 is 0 Å². The molecule has 0 saturated carbocycles. The molecule has 0 radical (unpaired) electrons. The Kier molecular flexibility index (Phi) is 5.84.